The van der Waals surface area contributed by atoms with Crippen LogP contribution in [0.3, 0.4) is 0 Å². The Kier molecular flexibility index (Phi) is 9.84. The zero-order chi connectivity index (χ0) is 29.6. The fourth-order valence-corrected chi connectivity index (χ4v) is 6.11. The van der Waals surface area contributed by atoms with Crippen molar-refractivity contribution in [3.8, 4) is 5.75 Å². The molecule has 2 fully saturated rings. The average Bonchev–Trinajstić information content (AvgIpc) is 2.98. The van der Waals surface area contributed by atoms with Gasteiger partial charge in [0.2, 0.25) is 5.91 Å². The minimum absolute atomic E-state index is 0.0331. The van der Waals surface area contributed by atoms with Crippen LogP contribution in [0.15, 0.2) is 41.4 Å². The summed E-state index contributed by atoms with van der Waals surface area (Å²) in [5.74, 6) is -0.526. The molecule has 10 heteroatoms. The van der Waals surface area contributed by atoms with Crippen molar-refractivity contribution < 1.29 is 27.8 Å². The lowest BCUT2D eigenvalue weighted by molar-refractivity contribution is -0.126. The first-order valence-corrected chi connectivity index (χ1v) is 15.0. The second-order valence-electron chi connectivity index (χ2n) is 11.8. The molecule has 1 aliphatic carbocycles. The molecule has 1 unspecified atom stereocenters. The highest BCUT2D eigenvalue weighted by atomic mass is 19.1. The van der Waals surface area contributed by atoms with Crippen LogP contribution in [-0.2, 0) is 16.0 Å². The third kappa shape index (κ3) is 7.52. The maximum Gasteiger partial charge on any atom is 0.256 e. The average molecular weight is 583 g/mol. The SMILES string of the molecule is CC(C)NC(=O)C1CCC(C2Cc3cc(OCCN4CCOCC4)c(F)cc3N=C2NC(=O)c2ccc(F)cc2)CC1. The van der Waals surface area contributed by atoms with Crippen molar-refractivity contribution in [1.82, 2.24) is 15.5 Å². The molecule has 2 N–H and O–H groups in total. The highest BCUT2D eigenvalue weighted by Gasteiger charge is 2.36. The molecule has 5 rings (SSSR count). The highest BCUT2D eigenvalue weighted by molar-refractivity contribution is 6.08. The van der Waals surface area contributed by atoms with Crippen LogP contribution in [-0.4, -0.2) is 68.0 Å². The van der Waals surface area contributed by atoms with E-state index in [9.17, 15) is 14.0 Å². The molecule has 1 atom stereocenters. The summed E-state index contributed by atoms with van der Waals surface area (Å²) in [7, 11) is 0. The monoisotopic (exact) mass is 582 g/mol. The predicted molar refractivity (Wildman–Crippen MR) is 156 cm³/mol. The number of halogens is 2. The van der Waals surface area contributed by atoms with E-state index in [1.165, 1.54) is 30.3 Å². The van der Waals surface area contributed by atoms with E-state index in [4.69, 9.17) is 14.5 Å². The first-order chi connectivity index (χ1) is 20.3. The fraction of sp³-hybridized carbons (Fsp3) is 0.531. The van der Waals surface area contributed by atoms with Crippen molar-refractivity contribution in [3.63, 3.8) is 0 Å². The number of nitrogens with one attached hydrogen (secondary N) is 2. The lowest BCUT2D eigenvalue weighted by Gasteiger charge is -2.36. The number of rotatable bonds is 8. The molecular weight excluding hydrogens is 542 g/mol. The zero-order valence-electron chi connectivity index (χ0n) is 24.3. The molecule has 2 amide bonds. The van der Waals surface area contributed by atoms with Gasteiger partial charge in [-0.1, -0.05) is 0 Å². The van der Waals surface area contributed by atoms with Gasteiger partial charge in [-0.25, -0.2) is 13.8 Å². The number of morpholine rings is 1. The summed E-state index contributed by atoms with van der Waals surface area (Å²) in [6.07, 6.45) is 3.69. The van der Waals surface area contributed by atoms with E-state index in [0.29, 0.717) is 49.9 Å². The Hall–Kier alpha value is -3.37. The molecule has 1 saturated carbocycles. The molecule has 42 heavy (non-hydrogen) atoms. The molecule has 1 saturated heterocycles. The van der Waals surface area contributed by atoms with Crippen molar-refractivity contribution >= 4 is 23.3 Å². The van der Waals surface area contributed by atoms with Crippen LogP contribution in [0.5, 0.6) is 5.75 Å². The van der Waals surface area contributed by atoms with Crippen LogP contribution in [0.2, 0.25) is 0 Å². The van der Waals surface area contributed by atoms with E-state index in [1.807, 2.05) is 13.8 Å². The molecule has 8 nitrogen and oxygen atoms in total. The number of nitrogens with zero attached hydrogens (tertiary/aromatic N) is 2. The summed E-state index contributed by atoms with van der Waals surface area (Å²) in [6.45, 7) is 8.02. The number of hydrogen-bond acceptors (Lipinski definition) is 6. The van der Waals surface area contributed by atoms with Gasteiger partial charge in [0.1, 0.15) is 18.3 Å². The molecular formula is C32H40F2N4O4. The van der Waals surface area contributed by atoms with Crippen LogP contribution < -0.4 is 15.4 Å². The van der Waals surface area contributed by atoms with Gasteiger partial charge < -0.3 is 20.1 Å². The number of fused-ring (bicyclic) bond motifs is 1. The van der Waals surface area contributed by atoms with Crippen molar-refractivity contribution in [1.29, 1.82) is 0 Å². The van der Waals surface area contributed by atoms with E-state index in [0.717, 1.165) is 44.3 Å². The number of benzene rings is 2. The van der Waals surface area contributed by atoms with Crippen molar-refractivity contribution in [3.05, 3.63) is 59.2 Å². The van der Waals surface area contributed by atoms with Gasteiger partial charge in [0, 0.05) is 49.1 Å². The standard InChI is InChI=1S/C32H40F2N4O4/c1-20(2)35-31(39)22-5-3-21(4-6-22)26-17-24-18-29(42-16-13-38-11-14-41-15-12-38)27(34)19-28(24)36-30(26)37-32(40)23-7-9-25(33)10-8-23/h7-10,18-22,26H,3-6,11-17H2,1-2H3,(H,35,39)(H,36,37,40). The second-order valence-corrected chi connectivity index (χ2v) is 11.8. The summed E-state index contributed by atoms with van der Waals surface area (Å²) in [5, 5.41) is 5.97. The Morgan fingerprint density at radius 1 is 1.07 bits per heavy atom. The normalized spacial score (nSPS) is 22.7. The zero-order valence-corrected chi connectivity index (χ0v) is 24.3. The number of amides is 2. The van der Waals surface area contributed by atoms with Crippen LogP contribution in [0.4, 0.5) is 14.5 Å². The fourth-order valence-electron chi connectivity index (χ4n) is 6.11. The van der Waals surface area contributed by atoms with Gasteiger partial charge in [0.25, 0.3) is 5.91 Å². The summed E-state index contributed by atoms with van der Waals surface area (Å²) < 4.78 is 39.8. The van der Waals surface area contributed by atoms with E-state index < -0.39 is 17.5 Å². The topological polar surface area (TPSA) is 92.3 Å². The van der Waals surface area contributed by atoms with E-state index >= 15 is 4.39 Å². The number of carbonyl (C=O) groups excluding carboxylic acids is 2. The lowest BCUT2D eigenvalue weighted by Crippen LogP contribution is -2.43. The first-order valence-electron chi connectivity index (χ1n) is 15.0. The van der Waals surface area contributed by atoms with Crippen LogP contribution in [0, 0.1) is 29.4 Å². The second kappa shape index (κ2) is 13.7. The first kappa shape index (κ1) is 30.1. The maximum absolute atomic E-state index is 15.1. The summed E-state index contributed by atoms with van der Waals surface area (Å²) in [6, 6.07) is 8.53. The number of ether oxygens (including phenoxy) is 2. The van der Waals surface area contributed by atoms with Gasteiger partial charge in [0.05, 0.1) is 18.9 Å². The smallest absolute Gasteiger partial charge is 0.256 e. The van der Waals surface area contributed by atoms with Crippen molar-refractivity contribution in [2.45, 2.75) is 52.0 Å². The number of hydrogen-bond donors (Lipinski definition) is 2. The number of aliphatic imine (C=N–C) groups is 1. The van der Waals surface area contributed by atoms with Gasteiger partial charge in [-0.15, -0.1) is 0 Å². The Labute approximate surface area is 245 Å². The lowest BCUT2D eigenvalue weighted by atomic mass is 9.72. The van der Waals surface area contributed by atoms with E-state index in [1.54, 1.807) is 6.07 Å². The van der Waals surface area contributed by atoms with E-state index in [2.05, 4.69) is 15.5 Å². The molecule has 2 aliphatic heterocycles. The quantitative estimate of drug-likeness (QED) is 0.473. The van der Waals surface area contributed by atoms with Crippen LogP contribution in [0.25, 0.3) is 0 Å². The molecule has 0 radical (unpaired) electrons. The Morgan fingerprint density at radius 3 is 2.48 bits per heavy atom. The molecule has 2 aromatic carbocycles. The van der Waals surface area contributed by atoms with Gasteiger partial charge in [-0.3, -0.25) is 14.5 Å². The molecule has 0 spiro atoms. The summed E-state index contributed by atoms with van der Waals surface area (Å²) >= 11 is 0. The highest BCUT2D eigenvalue weighted by Crippen LogP contribution is 2.41. The van der Waals surface area contributed by atoms with Gasteiger partial charge in [0.15, 0.2) is 11.6 Å². The van der Waals surface area contributed by atoms with E-state index in [-0.39, 0.29) is 35.5 Å². The Morgan fingerprint density at radius 2 is 1.79 bits per heavy atom. The molecule has 2 aromatic rings. The van der Waals surface area contributed by atoms with Crippen molar-refractivity contribution in [2.75, 3.05) is 39.5 Å². The van der Waals surface area contributed by atoms with Gasteiger partial charge in [-0.05, 0) is 87.8 Å². The molecule has 2 heterocycles. The molecule has 226 valence electrons. The largest absolute Gasteiger partial charge is 0.489 e. The summed E-state index contributed by atoms with van der Waals surface area (Å²) in [4.78, 5) is 32.7. The third-order valence-electron chi connectivity index (χ3n) is 8.42. The minimum atomic E-state index is -0.501. The Balaban J connectivity index is 1.33. The molecule has 0 bridgehead atoms. The minimum Gasteiger partial charge on any atom is -0.489 e. The predicted octanol–water partition coefficient (Wildman–Crippen LogP) is 4.64. The van der Waals surface area contributed by atoms with Crippen molar-refractivity contribution in [2.24, 2.45) is 22.7 Å². The molecule has 3 aliphatic rings. The van der Waals surface area contributed by atoms with Crippen LogP contribution in [0.1, 0.15) is 55.5 Å². The number of carbonyl (C=O) groups is 2. The Bertz CT molecular complexity index is 1290. The third-order valence-corrected chi connectivity index (χ3v) is 8.42. The van der Waals surface area contributed by atoms with Gasteiger partial charge >= 0.3 is 0 Å². The maximum atomic E-state index is 15.1. The van der Waals surface area contributed by atoms with Crippen LogP contribution >= 0.6 is 0 Å². The van der Waals surface area contributed by atoms with Gasteiger partial charge in [-0.2, -0.15) is 0 Å². The molecule has 0 aromatic heterocycles. The number of amidine groups is 1. The summed E-state index contributed by atoms with van der Waals surface area (Å²) in [5.41, 5.74) is 1.64.